The molecule has 1 saturated heterocycles. The van der Waals surface area contributed by atoms with Crippen molar-refractivity contribution in [3.05, 3.63) is 35.4 Å². The Bertz CT molecular complexity index is 338. The molecule has 0 aromatic heterocycles. The summed E-state index contributed by atoms with van der Waals surface area (Å²) in [5.74, 6) is 0. The first-order valence-corrected chi connectivity index (χ1v) is 6.16. The molecule has 2 unspecified atom stereocenters. The van der Waals surface area contributed by atoms with Crippen LogP contribution in [0.2, 0.25) is 0 Å². The minimum atomic E-state index is 0.583. The maximum absolute atomic E-state index is 3.56. The smallest absolute Gasteiger partial charge is 0.0284 e. The molecule has 2 atom stereocenters. The highest BCUT2D eigenvalue weighted by atomic mass is 15.2. The van der Waals surface area contributed by atoms with Gasteiger partial charge >= 0.3 is 0 Å². The molecule has 1 aliphatic heterocycles. The third-order valence-corrected chi connectivity index (χ3v) is 3.60. The van der Waals surface area contributed by atoms with Crippen molar-refractivity contribution in [1.82, 2.24) is 10.2 Å². The molecule has 1 N–H and O–H groups in total. The van der Waals surface area contributed by atoms with Crippen LogP contribution in [0.5, 0.6) is 0 Å². The maximum atomic E-state index is 3.56. The van der Waals surface area contributed by atoms with E-state index in [9.17, 15) is 0 Å². The number of nitrogens with zero attached hydrogens (tertiary/aromatic N) is 1. The van der Waals surface area contributed by atoms with Crippen molar-refractivity contribution in [2.45, 2.75) is 32.4 Å². The maximum Gasteiger partial charge on any atom is 0.0284 e. The highest BCUT2D eigenvalue weighted by Crippen LogP contribution is 2.14. The number of likely N-dealkylation sites (N-methyl/N-ethyl adjacent to an activating group) is 1. The predicted octanol–water partition coefficient (Wildman–Crippen LogP) is 1.83. The van der Waals surface area contributed by atoms with E-state index in [0.29, 0.717) is 12.1 Å². The predicted molar refractivity (Wildman–Crippen MR) is 68.8 cm³/mol. The number of hydrogen-bond acceptors (Lipinski definition) is 2. The van der Waals surface area contributed by atoms with Crippen molar-refractivity contribution in [3.63, 3.8) is 0 Å². The lowest BCUT2D eigenvalue weighted by Crippen LogP contribution is -2.55. The number of nitrogens with one attached hydrogen (secondary N) is 1. The lowest BCUT2D eigenvalue weighted by molar-refractivity contribution is 0.157. The van der Waals surface area contributed by atoms with Gasteiger partial charge < -0.3 is 10.2 Å². The van der Waals surface area contributed by atoms with E-state index in [1.54, 1.807) is 0 Å². The molecule has 0 amide bonds. The van der Waals surface area contributed by atoms with Gasteiger partial charge in [0, 0.05) is 25.2 Å². The van der Waals surface area contributed by atoms with Gasteiger partial charge in [0.1, 0.15) is 0 Å². The van der Waals surface area contributed by atoms with Crippen LogP contribution in [-0.2, 0) is 6.42 Å². The number of benzene rings is 1. The van der Waals surface area contributed by atoms with Crippen molar-refractivity contribution in [2.24, 2.45) is 0 Å². The van der Waals surface area contributed by atoms with E-state index < -0.39 is 0 Å². The van der Waals surface area contributed by atoms with Crippen LogP contribution in [0, 0.1) is 6.92 Å². The highest BCUT2D eigenvalue weighted by Gasteiger charge is 2.25. The van der Waals surface area contributed by atoms with E-state index in [4.69, 9.17) is 0 Å². The number of rotatable bonds is 2. The Balaban J connectivity index is 2.07. The molecule has 0 radical (unpaired) electrons. The molecular weight excluding hydrogens is 196 g/mol. The van der Waals surface area contributed by atoms with E-state index in [-0.39, 0.29) is 0 Å². The zero-order valence-electron chi connectivity index (χ0n) is 10.5. The summed E-state index contributed by atoms with van der Waals surface area (Å²) in [4.78, 5) is 2.48. The summed E-state index contributed by atoms with van der Waals surface area (Å²) in [6, 6.07) is 10.1. The Morgan fingerprint density at radius 2 is 2.25 bits per heavy atom. The van der Waals surface area contributed by atoms with Gasteiger partial charge in [-0.15, -0.1) is 0 Å². The molecule has 1 aromatic rings. The molecule has 2 heteroatoms. The highest BCUT2D eigenvalue weighted by molar-refractivity contribution is 5.23. The third kappa shape index (κ3) is 2.63. The fourth-order valence-corrected chi connectivity index (χ4v) is 2.57. The Kier molecular flexibility index (Phi) is 3.62. The molecule has 2 rings (SSSR count). The number of piperazine rings is 1. The Hall–Kier alpha value is -0.860. The molecule has 1 aromatic carbocycles. The van der Waals surface area contributed by atoms with Gasteiger partial charge in [-0.05, 0) is 32.9 Å². The lowest BCUT2D eigenvalue weighted by Gasteiger charge is -2.38. The van der Waals surface area contributed by atoms with Gasteiger partial charge in [0.25, 0.3) is 0 Å². The summed E-state index contributed by atoms with van der Waals surface area (Å²) in [7, 11) is 2.23. The summed E-state index contributed by atoms with van der Waals surface area (Å²) in [5.41, 5.74) is 2.81. The average molecular weight is 218 g/mol. The van der Waals surface area contributed by atoms with Crippen molar-refractivity contribution in [1.29, 1.82) is 0 Å². The molecule has 0 bridgehead atoms. The first-order chi connectivity index (χ1) is 7.66. The van der Waals surface area contributed by atoms with E-state index in [1.165, 1.54) is 11.1 Å². The Labute approximate surface area is 98.7 Å². The Morgan fingerprint density at radius 1 is 1.44 bits per heavy atom. The van der Waals surface area contributed by atoms with E-state index in [1.807, 2.05) is 0 Å². The van der Waals surface area contributed by atoms with Crippen LogP contribution in [0.3, 0.4) is 0 Å². The first-order valence-electron chi connectivity index (χ1n) is 6.16. The number of aryl methyl sites for hydroxylation is 1. The van der Waals surface area contributed by atoms with Crippen molar-refractivity contribution in [2.75, 3.05) is 20.1 Å². The van der Waals surface area contributed by atoms with Gasteiger partial charge in [0.05, 0.1) is 0 Å². The van der Waals surface area contributed by atoms with E-state index in [0.717, 1.165) is 19.5 Å². The molecule has 2 nitrogen and oxygen atoms in total. The van der Waals surface area contributed by atoms with Gasteiger partial charge in [0.15, 0.2) is 0 Å². The molecule has 16 heavy (non-hydrogen) atoms. The molecule has 1 fully saturated rings. The molecule has 0 aliphatic carbocycles. The SMILES string of the molecule is Cc1cccc(CC2C(C)NCCN2C)c1. The van der Waals surface area contributed by atoms with Gasteiger partial charge in [-0.3, -0.25) is 0 Å². The normalized spacial score (nSPS) is 26.9. The first kappa shape index (κ1) is 11.6. The fraction of sp³-hybridized carbons (Fsp3) is 0.571. The molecule has 1 aliphatic rings. The van der Waals surface area contributed by atoms with Crippen LogP contribution < -0.4 is 5.32 Å². The van der Waals surface area contributed by atoms with Crippen LogP contribution in [-0.4, -0.2) is 37.1 Å². The summed E-state index contributed by atoms with van der Waals surface area (Å²) in [6.07, 6.45) is 1.15. The average Bonchev–Trinajstić information content (AvgIpc) is 2.24. The van der Waals surface area contributed by atoms with Crippen LogP contribution >= 0.6 is 0 Å². The van der Waals surface area contributed by atoms with Gasteiger partial charge in [-0.2, -0.15) is 0 Å². The fourth-order valence-electron chi connectivity index (χ4n) is 2.57. The summed E-state index contributed by atoms with van der Waals surface area (Å²) in [5, 5.41) is 3.56. The third-order valence-electron chi connectivity index (χ3n) is 3.60. The van der Waals surface area contributed by atoms with Gasteiger partial charge in [-0.1, -0.05) is 29.8 Å². The molecule has 0 saturated carbocycles. The van der Waals surface area contributed by atoms with Crippen LogP contribution in [0.1, 0.15) is 18.1 Å². The second-order valence-corrected chi connectivity index (χ2v) is 4.98. The number of hydrogen-bond donors (Lipinski definition) is 1. The van der Waals surface area contributed by atoms with Crippen molar-refractivity contribution < 1.29 is 0 Å². The summed E-state index contributed by atoms with van der Waals surface area (Å²) >= 11 is 0. The Morgan fingerprint density at radius 3 is 2.94 bits per heavy atom. The van der Waals surface area contributed by atoms with Crippen LogP contribution in [0.25, 0.3) is 0 Å². The van der Waals surface area contributed by atoms with Gasteiger partial charge in [0.2, 0.25) is 0 Å². The zero-order valence-corrected chi connectivity index (χ0v) is 10.5. The van der Waals surface area contributed by atoms with Crippen LogP contribution in [0.15, 0.2) is 24.3 Å². The monoisotopic (exact) mass is 218 g/mol. The molecule has 1 heterocycles. The minimum Gasteiger partial charge on any atom is -0.311 e. The standard InChI is InChI=1S/C14H22N2/c1-11-5-4-6-13(9-11)10-14-12(2)15-7-8-16(14)3/h4-6,9,12,14-15H,7-8,10H2,1-3H3. The minimum absolute atomic E-state index is 0.583. The molecular formula is C14H22N2. The second-order valence-electron chi connectivity index (χ2n) is 4.98. The lowest BCUT2D eigenvalue weighted by atomic mass is 9.96. The topological polar surface area (TPSA) is 15.3 Å². The summed E-state index contributed by atoms with van der Waals surface area (Å²) in [6.45, 7) is 6.72. The zero-order chi connectivity index (χ0) is 11.5. The summed E-state index contributed by atoms with van der Waals surface area (Å²) < 4.78 is 0. The molecule has 88 valence electrons. The van der Waals surface area contributed by atoms with Crippen LogP contribution in [0.4, 0.5) is 0 Å². The quantitative estimate of drug-likeness (QED) is 0.814. The second kappa shape index (κ2) is 4.98. The van der Waals surface area contributed by atoms with E-state index in [2.05, 4.69) is 55.4 Å². The van der Waals surface area contributed by atoms with Crippen molar-refractivity contribution in [3.8, 4) is 0 Å². The van der Waals surface area contributed by atoms with Gasteiger partial charge in [-0.25, -0.2) is 0 Å². The van der Waals surface area contributed by atoms with E-state index >= 15 is 0 Å². The van der Waals surface area contributed by atoms with Crippen molar-refractivity contribution >= 4 is 0 Å². The molecule has 0 spiro atoms. The largest absolute Gasteiger partial charge is 0.311 e.